The number of nitrogens with one attached hydrogen (secondary N) is 7. The minimum Gasteiger partial charge on any atom is -0.481 e. The second kappa shape index (κ2) is 23.8. The SMILES string of the molecule is CC(NC(=O)C(NC(=O)C(N)C(C)C)C(C)C)C(=O)NC(CC(=O)O)C(=O)NC(C(=O)NCC(=O)NC(CC(=O)O)C(=O)NC(Cc1ccccc1)C(=O)O)C(C)O. The summed E-state index contributed by atoms with van der Waals surface area (Å²) in [6.45, 7) is 8.02. The van der Waals surface area contributed by atoms with Gasteiger partial charge in [0.15, 0.2) is 0 Å². The zero-order chi connectivity index (χ0) is 44.4. The van der Waals surface area contributed by atoms with Gasteiger partial charge in [-0.05, 0) is 31.2 Å². The minimum atomic E-state index is -1.86. The third kappa shape index (κ3) is 17.3. The van der Waals surface area contributed by atoms with Gasteiger partial charge in [-0.2, -0.15) is 0 Å². The average molecular weight is 823 g/mol. The highest BCUT2D eigenvalue weighted by Crippen LogP contribution is 2.07. The second-order valence-electron chi connectivity index (χ2n) is 14.1. The maximum absolute atomic E-state index is 13.2. The molecule has 1 aromatic carbocycles. The van der Waals surface area contributed by atoms with Crippen LogP contribution < -0.4 is 43.0 Å². The van der Waals surface area contributed by atoms with Crippen molar-refractivity contribution in [3.63, 3.8) is 0 Å². The number of carboxylic acid groups (broad SMARTS) is 3. The highest BCUT2D eigenvalue weighted by Gasteiger charge is 2.34. The van der Waals surface area contributed by atoms with Gasteiger partial charge in [-0.15, -0.1) is 0 Å². The molecular formula is C36H54N8O14. The molecule has 0 radical (unpaired) electrons. The summed E-state index contributed by atoms with van der Waals surface area (Å²) < 4.78 is 0. The number of nitrogens with two attached hydrogens (primary N) is 1. The highest BCUT2D eigenvalue weighted by atomic mass is 16.4. The normalized spacial score (nSPS) is 15.1. The molecule has 1 aromatic rings. The van der Waals surface area contributed by atoms with Crippen LogP contribution in [0.5, 0.6) is 0 Å². The van der Waals surface area contributed by atoms with Crippen molar-refractivity contribution >= 4 is 59.3 Å². The van der Waals surface area contributed by atoms with Crippen molar-refractivity contribution < 1.29 is 68.4 Å². The Kier molecular flexibility index (Phi) is 20.5. The number of aliphatic hydroxyl groups excluding tert-OH is 1. The fourth-order valence-electron chi connectivity index (χ4n) is 5.02. The molecule has 0 aromatic heterocycles. The summed E-state index contributed by atoms with van der Waals surface area (Å²) in [4.78, 5) is 125. The lowest BCUT2D eigenvalue weighted by molar-refractivity contribution is -0.144. The lowest BCUT2D eigenvalue weighted by atomic mass is 10.00. The molecule has 22 heteroatoms. The predicted octanol–water partition coefficient (Wildman–Crippen LogP) is -3.67. The van der Waals surface area contributed by atoms with Gasteiger partial charge in [0.25, 0.3) is 0 Å². The Labute approximate surface area is 333 Å². The van der Waals surface area contributed by atoms with Crippen molar-refractivity contribution in [3.05, 3.63) is 35.9 Å². The smallest absolute Gasteiger partial charge is 0.326 e. The fraction of sp³-hybridized carbons (Fsp3) is 0.556. The van der Waals surface area contributed by atoms with Crippen molar-refractivity contribution in [1.29, 1.82) is 0 Å². The molecule has 7 amide bonds. The largest absolute Gasteiger partial charge is 0.481 e. The van der Waals surface area contributed by atoms with Gasteiger partial charge in [-0.1, -0.05) is 58.0 Å². The lowest BCUT2D eigenvalue weighted by Gasteiger charge is -2.27. The first kappa shape index (κ1) is 49.9. The fourth-order valence-corrected chi connectivity index (χ4v) is 5.02. The van der Waals surface area contributed by atoms with Crippen LogP contribution in [0.1, 0.15) is 59.9 Å². The van der Waals surface area contributed by atoms with Crippen molar-refractivity contribution in [2.75, 3.05) is 6.54 Å². The van der Waals surface area contributed by atoms with E-state index in [-0.39, 0.29) is 12.3 Å². The van der Waals surface area contributed by atoms with Crippen LogP contribution in [-0.4, -0.2) is 135 Å². The zero-order valence-electron chi connectivity index (χ0n) is 32.9. The topological polar surface area (TPSA) is 362 Å². The molecule has 58 heavy (non-hydrogen) atoms. The van der Waals surface area contributed by atoms with Crippen LogP contribution in [0, 0.1) is 11.8 Å². The Bertz CT molecular complexity index is 1660. The van der Waals surface area contributed by atoms with Gasteiger partial charge in [0.1, 0.15) is 36.3 Å². The molecule has 0 heterocycles. The number of aliphatic hydroxyl groups is 1. The Morgan fingerprint density at radius 3 is 1.55 bits per heavy atom. The first-order valence-corrected chi connectivity index (χ1v) is 18.2. The molecule has 0 bridgehead atoms. The molecule has 8 atom stereocenters. The van der Waals surface area contributed by atoms with Crippen molar-refractivity contribution in [2.24, 2.45) is 17.6 Å². The molecule has 0 saturated carbocycles. The van der Waals surface area contributed by atoms with Crippen LogP contribution in [0.3, 0.4) is 0 Å². The van der Waals surface area contributed by atoms with Crippen molar-refractivity contribution in [1.82, 2.24) is 37.2 Å². The van der Waals surface area contributed by atoms with Gasteiger partial charge in [0.2, 0.25) is 41.4 Å². The molecule has 13 N–H and O–H groups in total. The molecule has 8 unspecified atom stereocenters. The third-order valence-electron chi connectivity index (χ3n) is 8.45. The van der Waals surface area contributed by atoms with Gasteiger partial charge in [0, 0.05) is 6.42 Å². The summed E-state index contributed by atoms with van der Waals surface area (Å²) in [5, 5.41) is 54.1. The van der Waals surface area contributed by atoms with Gasteiger partial charge < -0.3 is 63.4 Å². The van der Waals surface area contributed by atoms with Crippen LogP contribution in [0.2, 0.25) is 0 Å². The quantitative estimate of drug-likeness (QED) is 0.0478. The predicted molar refractivity (Wildman–Crippen MR) is 202 cm³/mol. The number of carbonyl (C=O) groups excluding carboxylic acids is 7. The molecule has 0 fully saturated rings. The van der Waals surface area contributed by atoms with E-state index in [2.05, 4.69) is 37.2 Å². The van der Waals surface area contributed by atoms with Crippen molar-refractivity contribution in [3.8, 4) is 0 Å². The van der Waals surface area contributed by atoms with E-state index in [9.17, 15) is 68.4 Å². The number of hydrogen-bond donors (Lipinski definition) is 12. The van der Waals surface area contributed by atoms with Crippen LogP contribution in [0.15, 0.2) is 30.3 Å². The van der Waals surface area contributed by atoms with Crippen molar-refractivity contribution in [2.45, 2.75) is 109 Å². The van der Waals surface area contributed by atoms with Crippen LogP contribution >= 0.6 is 0 Å². The molecule has 22 nitrogen and oxygen atoms in total. The van der Waals surface area contributed by atoms with Crippen LogP contribution in [0.25, 0.3) is 0 Å². The molecule has 0 aliphatic carbocycles. The zero-order valence-corrected chi connectivity index (χ0v) is 32.9. The number of benzene rings is 1. The molecule has 0 aliphatic heterocycles. The first-order valence-electron chi connectivity index (χ1n) is 18.2. The van der Waals surface area contributed by atoms with E-state index in [1.807, 2.05) is 0 Å². The molecule has 0 saturated heterocycles. The number of rotatable bonds is 24. The van der Waals surface area contributed by atoms with E-state index in [0.717, 1.165) is 6.92 Å². The Morgan fingerprint density at radius 1 is 0.569 bits per heavy atom. The molecule has 1 rings (SSSR count). The Morgan fingerprint density at radius 2 is 1.07 bits per heavy atom. The second-order valence-corrected chi connectivity index (χ2v) is 14.1. The molecular weight excluding hydrogens is 768 g/mol. The summed E-state index contributed by atoms with van der Waals surface area (Å²) in [5.74, 6) is -12.4. The summed E-state index contributed by atoms with van der Waals surface area (Å²) in [6, 6.07) is -2.25. The maximum atomic E-state index is 13.2. The third-order valence-corrected chi connectivity index (χ3v) is 8.45. The number of amides is 7. The standard InChI is InChI=1S/C36H54N8O14/c1-16(2)27(37)33(54)43-28(17(3)4)35(56)39-18(5)30(51)41-22(14-26(49)50)32(53)44-29(19(6)45)34(55)38-15-24(46)40-21(13-25(47)48)31(52)42-23(36(57)58)12-20-10-8-7-9-11-20/h7-11,16-19,21-23,27-29,45H,12-15,37H2,1-6H3,(H,38,55)(H,39,56)(H,40,46)(H,41,51)(H,42,52)(H,43,54)(H,44,53)(H,47,48)(H,49,50)(H,57,58). The van der Waals surface area contributed by atoms with E-state index < -0.39 is 133 Å². The molecule has 0 aliphatic rings. The Hall–Kier alpha value is -6.16. The van der Waals surface area contributed by atoms with E-state index in [1.54, 1.807) is 58.0 Å². The monoisotopic (exact) mass is 822 g/mol. The minimum absolute atomic E-state index is 0.168. The van der Waals surface area contributed by atoms with Gasteiger partial charge >= 0.3 is 17.9 Å². The molecule has 322 valence electrons. The summed E-state index contributed by atoms with van der Waals surface area (Å²) >= 11 is 0. The number of hydrogen-bond acceptors (Lipinski definition) is 12. The maximum Gasteiger partial charge on any atom is 0.326 e. The van der Waals surface area contributed by atoms with E-state index in [4.69, 9.17) is 5.73 Å². The van der Waals surface area contributed by atoms with Gasteiger partial charge in [-0.25, -0.2) is 4.79 Å². The molecule has 0 spiro atoms. The van der Waals surface area contributed by atoms with Crippen LogP contribution in [0.4, 0.5) is 0 Å². The number of carbonyl (C=O) groups is 10. The van der Waals surface area contributed by atoms with Gasteiger partial charge in [0.05, 0.1) is 31.5 Å². The number of carboxylic acids is 3. The average Bonchev–Trinajstić information content (AvgIpc) is 3.12. The summed E-state index contributed by atoms with van der Waals surface area (Å²) in [6.07, 6.45) is -3.84. The lowest BCUT2D eigenvalue weighted by Crippen LogP contribution is -2.60. The summed E-state index contributed by atoms with van der Waals surface area (Å²) in [5.41, 5.74) is 6.40. The van der Waals surface area contributed by atoms with E-state index in [0.29, 0.717) is 5.56 Å². The summed E-state index contributed by atoms with van der Waals surface area (Å²) in [7, 11) is 0. The van der Waals surface area contributed by atoms with E-state index in [1.165, 1.54) is 6.92 Å². The van der Waals surface area contributed by atoms with Crippen LogP contribution in [-0.2, 0) is 54.4 Å². The number of aliphatic carboxylic acids is 3. The first-order chi connectivity index (χ1) is 26.9. The highest BCUT2D eigenvalue weighted by molar-refractivity contribution is 5.98. The van der Waals surface area contributed by atoms with Gasteiger partial charge in [-0.3, -0.25) is 43.2 Å². The Balaban J connectivity index is 2.98. The van der Waals surface area contributed by atoms with E-state index >= 15 is 0 Å².